The lowest BCUT2D eigenvalue weighted by Gasteiger charge is -2.30. The number of rotatable bonds is 13. The van der Waals surface area contributed by atoms with E-state index >= 15 is 27.4 Å². The average molecular weight is 1690 g/mol. The molecule has 0 bridgehead atoms. The van der Waals surface area contributed by atoms with Crippen molar-refractivity contribution in [1.82, 2.24) is 28.7 Å². The van der Waals surface area contributed by atoms with Crippen molar-refractivity contribution in [3.05, 3.63) is 437 Å². The standard InChI is InChI=1S/C37H26N2O2P2.C36H26N2O2P2.C31H22N2O2P2/c40-42(28-17-7-2-8-18-28,29-19-9-3-10-20-29)33-25-26-34-36-35(33)38-37(27-15-5-1-6-16-27)39(36)31-23-13-14-24-32(31)43(34,41)30-21-11-4-12-22-30;1-25-37-32-17-10-18-34-36(32)38(25)33-22-21-31(24-35(33)42(34,40)29-15-6-3-7-16-29)41(39,28-13-4-2-5-14-28)30-20-19-26-11-8-9-12-27(26)23-30;34-36(23-13-4-1-5-14-23,24-15-6-2-7-16-24)31-32-26-19-12-22-29-30(26)33(31)27-20-10-11-21-28(27)37(29,35)25-17-8-3-9-18-25/h1-26H;2-24H,1H3;1-22H. The molecule has 17 aromatic carbocycles. The van der Waals surface area contributed by atoms with Gasteiger partial charge in [-0.25, -0.2) is 15.0 Å². The summed E-state index contributed by atoms with van der Waals surface area (Å²) in [4.78, 5) is 15.2. The van der Waals surface area contributed by atoms with Crippen molar-refractivity contribution in [2.24, 2.45) is 0 Å². The van der Waals surface area contributed by atoms with Gasteiger partial charge in [0.25, 0.3) is 0 Å². The molecule has 18 heteroatoms. The fourth-order valence-corrected chi connectivity index (χ4v) is 35.5. The first-order chi connectivity index (χ1) is 59.7. The van der Waals surface area contributed by atoms with Gasteiger partial charge in [0, 0.05) is 95.7 Å². The topological polar surface area (TPSA) is 156 Å². The number of hydrogen-bond donors (Lipinski definition) is 0. The summed E-state index contributed by atoms with van der Waals surface area (Å²) in [5.41, 5.74) is 8.31. The second kappa shape index (κ2) is 30.2. The molecule has 4 atom stereocenters. The van der Waals surface area contributed by atoms with Gasteiger partial charge in [-0.2, -0.15) is 0 Å². The van der Waals surface area contributed by atoms with E-state index in [9.17, 15) is 0 Å². The van der Waals surface area contributed by atoms with Crippen LogP contribution < -0.4 is 95.7 Å². The van der Waals surface area contributed by atoms with Gasteiger partial charge >= 0.3 is 0 Å². The molecule has 122 heavy (non-hydrogen) atoms. The van der Waals surface area contributed by atoms with E-state index in [1.165, 1.54) is 0 Å². The van der Waals surface area contributed by atoms with Crippen LogP contribution in [0.4, 0.5) is 0 Å². The van der Waals surface area contributed by atoms with E-state index in [0.29, 0.717) is 48.4 Å². The summed E-state index contributed by atoms with van der Waals surface area (Å²) in [6, 6.07) is 138. The van der Waals surface area contributed by atoms with E-state index in [1.54, 1.807) is 0 Å². The molecule has 20 aromatic rings. The molecule has 23 rings (SSSR count). The zero-order valence-corrected chi connectivity index (χ0v) is 71.2. The minimum Gasteiger partial charge on any atom is -0.309 e. The van der Waals surface area contributed by atoms with E-state index in [0.717, 1.165) is 125 Å². The summed E-state index contributed by atoms with van der Waals surface area (Å²) >= 11 is 0. The van der Waals surface area contributed by atoms with Crippen LogP contribution in [0.2, 0.25) is 0 Å². The van der Waals surface area contributed by atoms with E-state index in [2.05, 4.69) is 21.3 Å². The van der Waals surface area contributed by atoms with E-state index in [1.807, 2.05) is 430 Å². The number of aryl methyl sites for hydroxylation is 1. The second-order valence-corrected chi connectivity index (χ2v) is 46.7. The highest BCUT2D eigenvalue weighted by Gasteiger charge is 2.47. The quantitative estimate of drug-likeness (QED) is 0.103. The van der Waals surface area contributed by atoms with Gasteiger partial charge < -0.3 is 27.4 Å². The molecule has 0 saturated heterocycles. The Morgan fingerprint density at radius 1 is 0.254 bits per heavy atom. The van der Waals surface area contributed by atoms with Gasteiger partial charge in [0.05, 0.1) is 44.6 Å². The Labute approximate surface area is 705 Å². The molecular weight excluding hydrogens is 1620 g/mol. The molecular formula is C104H74N6O6P6. The highest BCUT2D eigenvalue weighted by Crippen LogP contribution is 2.56. The fourth-order valence-electron chi connectivity index (χ4n) is 18.2. The van der Waals surface area contributed by atoms with E-state index in [4.69, 9.17) is 15.0 Å². The average Bonchev–Trinajstić information content (AvgIpc) is 1.50. The SMILES string of the molecule is Cc1nc2cccc3c2n1-c1ccc(P(=O)(c2ccccc2)c2ccc4ccccc4c2)cc1P3(=O)c1ccccc1.O=P(c1ccccc1)(c1ccccc1)c1ccc2c3c1nc(-c1ccccc1)n3-c1ccccc1P2(=O)c1ccccc1.O=P1(c2ccccc2)c2ccccc2-n2c(P(=O)(c3ccccc3)c3ccccc3)nc3cccc1c32. The van der Waals surface area contributed by atoms with Crippen LogP contribution in [0.3, 0.4) is 0 Å². The van der Waals surface area contributed by atoms with Crippen LogP contribution in [0.25, 0.3) is 72.3 Å². The third-order valence-corrected chi connectivity index (χ3v) is 42.2. The summed E-state index contributed by atoms with van der Waals surface area (Å²) in [6.45, 7) is 1.98. The lowest BCUT2D eigenvalue weighted by Crippen LogP contribution is -2.38. The number of aromatic nitrogens is 6. The third kappa shape index (κ3) is 11.8. The molecule has 0 N–H and O–H groups in total. The predicted octanol–water partition coefficient (Wildman–Crippen LogP) is 17.0. The molecule has 3 aliphatic rings. The highest BCUT2D eigenvalue weighted by molar-refractivity contribution is 7.88. The second-order valence-electron chi connectivity index (χ2n) is 30.5. The van der Waals surface area contributed by atoms with E-state index < -0.39 is 42.9 Å². The summed E-state index contributed by atoms with van der Waals surface area (Å²) in [6.07, 6.45) is 0. The molecule has 0 saturated carbocycles. The number of fused-ring (bicyclic) bond motifs is 7. The van der Waals surface area contributed by atoms with E-state index in [-0.39, 0.29) is 0 Å². The molecule has 6 heterocycles. The number of hydrogen-bond acceptors (Lipinski definition) is 9. The smallest absolute Gasteiger partial charge is 0.205 e. The van der Waals surface area contributed by atoms with Crippen LogP contribution in [0.15, 0.2) is 431 Å². The van der Waals surface area contributed by atoms with Crippen LogP contribution in [0, 0.1) is 6.92 Å². The molecule has 0 aliphatic carbocycles. The van der Waals surface area contributed by atoms with Crippen molar-refractivity contribution in [3.63, 3.8) is 0 Å². The Bertz CT molecular complexity index is 7770. The van der Waals surface area contributed by atoms with Crippen molar-refractivity contribution < 1.29 is 27.4 Å². The Kier molecular flexibility index (Phi) is 18.9. The third-order valence-electron chi connectivity index (χ3n) is 23.8. The van der Waals surface area contributed by atoms with Gasteiger partial charge in [0.2, 0.25) is 7.14 Å². The minimum absolute atomic E-state index is 0.471. The molecule has 586 valence electrons. The van der Waals surface area contributed by atoms with Crippen molar-refractivity contribution in [3.8, 4) is 28.5 Å². The zero-order chi connectivity index (χ0) is 82.5. The fraction of sp³-hybridized carbons (Fsp3) is 0.00962. The van der Waals surface area contributed by atoms with Crippen LogP contribution in [0.1, 0.15) is 5.82 Å². The molecule has 4 unspecified atom stereocenters. The predicted molar refractivity (Wildman–Crippen MR) is 508 cm³/mol. The van der Waals surface area contributed by atoms with Crippen molar-refractivity contribution >= 4 is 182 Å². The monoisotopic (exact) mass is 1690 g/mol. The number of nitrogens with zero attached hydrogens (tertiary/aromatic N) is 6. The van der Waals surface area contributed by atoms with Crippen molar-refractivity contribution in [2.45, 2.75) is 6.92 Å². The number of benzene rings is 17. The van der Waals surface area contributed by atoms with Crippen LogP contribution in [-0.4, -0.2) is 28.7 Å². The molecule has 0 radical (unpaired) electrons. The first-order valence-electron chi connectivity index (χ1n) is 40.3. The Balaban J connectivity index is 0.000000113. The normalized spacial score (nSPS) is 16.4. The molecule has 0 fully saturated rings. The van der Waals surface area contributed by atoms with Gasteiger partial charge in [0.1, 0.15) is 17.2 Å². The lowest BCUT2D eigenvalue weighted by atomic mass is 10.1. The maximum Gasteiger partial charge on any atom is 0.205 e. The first-order valence-corrected chi connectivity index (χ1v) is 50.5. The molecule has 3 aliphatic heterocycles. The summed E-state index contributed by atoms with van der Waals surface area (Å²) in [7, 11) is -20.0. The van der Waals surface area contributed by atoms with Gasteiger partial charge in [-0.1, -0.05) is 346 Å². The van der Waals surface area contributed by atoms with Crippen LogP contribution in [0.5, 0.6) is 0 Å². The molecule has 3 aromatic heterocycles. The van der Waals surface area contributed by atoms with Gasteiger partial charge in [-0.05, 0) is 103 Å². The summed E-state index contributed by atoms with van der Waals surface area (Å²) < 4.78 is 99.4. The molecule has 0 spiro atoms. The van der Waals surface area contributed by atoms with Crippen molar-refractivity contribution in [2.75, 3.05) is 0 Å². The van der Waals surface area contributed by atoms with Gasteiger partial charge in [-0.3, -0.25) is 13.7 Å². The highest BCUT2D eigenvalue weighted by atomic mass is 31.2. The van der Waals surface area contributed by atoms with Crippen LogP contribution >= 0.6 is 42.9 Å². The van der Waals surface area contributed by atoms with Crippen LogP contribution in [-0.2, 0) is 27.4 Å². The minimum atomic E-state index is -3.40. The Morgan fingerprint density at radius 2 is 0.623 bits per heavy atom. The summed E-state index contributed by atoms with van der Waals surface area (Å²) in [5.74, 6) is 1.55. The van der Waals surface area contributed by atoms with Crippen molar-refractivity contribution in [1.29, 1.82) is 0 Å². The maximum absolute atomic E-state index is 15.7. The zero-order valence-electron chi connectivity index (χ0n) is 65.8. The Hall–Kier alpha value is -13.2. The number of para-hydroxylation sites is 4. The van der Waals surface area contributed by atoms with Gasteiger partial charge in [0.15, 0.2) is 41.3 Å². The number of imidazole rings is 3. The summed E-state index contributed by atoms with van der Waals surface area (Å²) in [5, 5.41) is 14.5. The maximum atomic E-state index is 15.7. The first kappa shape index (κ1) is 76.2. The largest absolute Gasteiger partial charge is 0.309 e. The molecule has 12 nitrogen and oxygen atoms in total. The lowest BCUT2D eigenvalue weighted by molar-refractivity contribution is 0.590. The Morgan fingerprint density at radius 3 is 1.13 bits per heavy atom. The molecule has 0 amide bonds. The van der Waals surface area contributed by atoms with Gasteiger partial charge in [-0.15, -0.1) is 0 Å².